The smallest absolute Gasteiger partial charge is 0.408 e. The molecule has 0 aromatic carbocycles. The number of nitrogens with one attached hydrogen (secondary N) is 3. The van der Waals surface area contributed by atoms with Gasteiger partial charge in [-0.25, -0.2) is 4.79 Å². The Morgan fingerprint density at radius 3 is 1.88 bits per heavy atom. The van der Waals surface area contributed by atoms with E-state index in [1.54, 1.807) is 20.8 Å². The second-order valence-corrected chi connectivity index (χ2v) is 15.2. The van der Waals surface area contributed by atoms with Gasteiger partial charge in [-0.1, -0.05) is 0 Å². The molecule has 15 nitrogen and oxygen atoms in total. The minimum absolute atomic E-state index is 0.234. The van der Waals surface area contributed by atoms with Crippen molar-refractivity contribution in [2.75, 3.05) is 37.9 Å². The lowest BCUT2D eigenvalue weighted by molar-refractivity contribution is -0.129. The van der Waals surface area contributed by atoms with E-state index in [4.69, 9.17) is 27.9 Å². The molecule has 2 atom stereocenters. The number of hydrogen-bond donors (Lipinski definition) is 8. The minimum Gasteiger partial charge on any atom is -0.444 e. The molecule has 242 valence electrons. The van der Waals surface area contributed by atoms with Crippen LogP contribution in [0.3, 0.4) is 0 Å². The Bertz CT molecular complexity index is 915. The van der Waals surface area contributed by atoms with Crippen LogP contribution in [0.5, 0.6) is 0 Å². The highest BCUT2D eigenvalue weighted by Crippen LogP contribution is 2.69. The third-order valence-corrected chi connectivity index (χ3v) is 9.91. The van der Waals surface area contributed by atoms with Gasteiger partial charge in [0.05, 0.1) is 0 Å². The lowest BCUT2D eigenvalue weighted by Gasteiger charge is -2.29. The number of nitrogens with zero attached hydrogens (tertiary/aromatic N) is 1. The zero-order valence-corrected chi connectivity index (χ0v) is 27.0. The average molecular weight is 673 g/mol. The van der Waals surface area contributed by atoms with Gasteiger partial charge in [0.2, 0.25) is 11.8 Å². The van der Waals surface area contributed by atoms with Crippen molar-refractivity contribution in [2.45, 2.75) is 82.6 Å². The first-order valence-electron chi connectivity index (χ1n) is 12.9. The number of alkyl carbamates (subject to hydrolysis) is 1. The Kier molecular flexibility index (Phi) is 17.5. The third kappa shape index (κ3) is 15.3. The number of aliphatic hydroxyl groups is 1. The van der Waals surface area contributed by atoms with Crippen LogP contribution in [0, 0.1) is 0 Å². The summed E-state index contributed by atoms with van der Waals surface area (Å²) in [6, 6.07) is -2.15. The monoisotopic (exact) mass is 672 g/mol. The van der Waals surface area contributed by atoms with Gasteiger partial charge in [-0.05, 0) is 59.9 Å². The van der Waals surface area contributed by atoms with Crippen LogP contribution in [-0.2, 0) is 23.5 Å². The molecule has 0 aromatic rings. The van der Waals surface area contributed by atoms with E-state index in [0.29, 0.717) is 44.2 Å². The Hall–Kier alpha value is -0.990. The first-order chi connectivity index (χ1) is 18.7. The molecule has 0 saturated heterocycles. The molecule has 0 aliphatic heterocycles. The quantitative estimate of drug-likeness (QED) is 0.0550. The first-order valence-corrected chi connectivity index (χ1v) is 17.2. The summed E-state index contributed by atoms with van der Waals surface area (Å²) in [5.74, 6) is -0.496. The molecule has 1 unspecified atom stereocenters. The molecule has 0 fully saturated rings. The van der Waals surface area contributed by atoms with Crippen LogP contribution in [-0.4, -0.2) is 108 Å². The summed E-state index contributed by atoms with van der Waals surface area (Å²) in [7, 11) is -11.2. The molecule has 0 aliphatic carbocycles. The molecule has 0 aliphatic rings. The summed E-state index contributed by atoms with van der Waals surface area (Å²) in [6.07, 6.45) is -0.762. The van der Waals surface area contributed by atoms with E-state index in [9.17, 15) is 48.2 Å². The number of hydrogen-bond acceptors (Lipinski definition) is 8. The van der Waals surface area contributed by atoms with E-state index in [0.717, 1.165) is 0 Å². The Morgan fingerprint density at radius 2 is 1.41 bits per heavy atom. The van der Waals surface area contributed by atoms with Crippen LogP contribution >= 0.6 is 38.4 Å². The number of carbonyl (C=O) groups is 3. The zero-order valence-electron chi connectivity index (χ0n) is 23.7. The van der Waals surface area contributed by atoms with Crippen molar-refractivity contribution in [3.63, 3.8) is 0 Å². The van der Waals surface area contributed by atoms with Crippen molar-refractivity contribution in [1.29, 1.82) is 0 Å². The normalized spacial score (nSPS) is 14.3. The van der Waals surface area contributed by atoms with Gasteiger partial charge in [0.15, 0.2) is 0 Å². The van der Waals surface area contributed by atoms with Gasteiger partial charge in [-0.2, -0.15) is 0 Å². The van der Waals surface area contributed by atoms with Crippen LogP contribution < -0.4 is 16.0 Å². The molecule has 0 bridgehead atoms. The number of alkyl halides is 2. The predicted octanol–water partition coefficient (Wildman–Crippen LogP) is 1.23. The summed E-state index contributed by atoms with van der Waals surface area (Å²) in [4.78, 5) is 76.5. The number of amides is 3. The predicted molar refractivity (Wildman–Crippen MR) is 154 cm³/mol. The van der Waals surface area contributed by atoms with Crippen molar-refractivity contribution in [3.8, 4) is 0 Å². The largest absolute Gasteiger partial charge is 0.444 e. The Morgan fingerprint density at radius 1 is 0.878 bits per heavy atom. The fourth-order valence-electron chi connectivity index (χ4n) is 3.51. The van der Waals surface area contributed by atoms with E-state index in [1.807, 2.05) is 0 Å². The molecule has 0 spiro atoms. The summed E-state index contributed by atoms with van der Waals surface area (Å²) < 4.78 is 28.1. The fourth-order valence-corrected chi connectivity index (χ4v) is 6.24. The van der Waals surface area contributed by atoms with Crippen molar-refractivity contribution in [2.24, 2.45) is 0 Å². The number of carbonyl (C=O) groups excluding carboxylic acids is 3. The maximum atomic E-state index is 13.0. The lowest BCUT2D eigenvalue weighted by atomic mass is 10.1. The van der Waals surface area contributed by atoms with Crippen molar-refractivity contribution < 1.29 is 52.9 Å². The Labute approximate surface area is 250 Å². The van der Waals surface area contributed by atoms with E-state index >= 15 is 0 Å². The Balaban J connectivity index is 5.13. The minimum atomic E-state index is -5.61. The maximum Gasteiger partial charge on any atom is 0.408 e. The summed E-state index contributed by atoms with van der Waals surface area (Å²) >= 11 is 11.6. The SMILES string of the molecule is C[C@H](NC(=O)C(CCCCN(CCCl)CCCl)NC(=O)OC(C)(C)C)C(=O)NCCCC(O)(P(=O)(O)O)P(=O)(O)O. The van der Waals surface area contributed by atoms with E-state index < -0.39 is 68.7 Å². The summed E-state index contributed by atoms with van der Waals surface area (Å²) in [6.45, 7) is 8.01. The van der Waals surface area contributed by atoms with E-state index in [2.05, 4.69) is 20.9 Å². The second kappa shape index (κ2) is 18.0. The summed E-state index contributed by atoms with van der Waals surface area (Å²) in [5.41, 5.74) is -0.812. The van der Waals surface area contributed by atoms with Gasteiger partial charge in [0.1, 0.15) is 17.7 Å². The number of rotatable bonds is 19. The first kappa shape index (κ1) is 40.0. The highest BCUT2D eigenvalue weighted by molar-refractivity contribution is 7.72. The molecule has 0 rings (SSSR count). The molecule has 0 aromatic heterocycles. The van der Waals surface area contributed by atoms with Crippen LogP contribution in [0.1, 0.15) is 59.8 Å². The average Bonchev–Trinajstić information content (AvgIpc) is 2.80. The number of unbranched alkanes of at least 4 members (excludes halogenated alkanes) is 1. The van der Waals surface area contributed by atoms with Gasteiger partial charge in [0.25, 0.3) is 5.08 Å². The molecule has 19 heteroatoms. The van der Waals surface area contributed by atoms with Gasteiger partial charge < -0.3 is 50.3 Å². The van der Waals surface area contributed by atoms with Crippen LogP contribution in [0.25, 0.3) is 0 Å². The van der Waals surface area contributed by atoms with Crippen molar-refractivity contribution in [1.82, 2.24) is 20.9 Å². The molecule has 0 heterocycles. The molecule has 0 saturated carbocycles. The van der Waals surface area contributed by atoms with Crippen LogP contribution in [0.4, 0.5) is 4.79 Å². The van der Waals surface area contributed by atoms with Crippen LogP contribution in [0.15, 0.2) is 0 Å². The molecular weight excluding hydrogens is 629 g/mol. The van der Waals surface area contributed by atoms with Gasteiger partial charge in [-0.15, -0.1) is 23.2 Å². The van der Waals surface area contributed by atoms with E-state index in [1.165, 1.54) is 6.92 Å². The van der Waals surface area contributed by atoms with Gasteiger partial charge in [0, 0.05) is 37.8 Å². The second-order valence-electron chi connectivity index (χ2n) is 10.4. The standard InChI is InChI=1S/C22H44Cl2N4O11P2/c1-16(18(29)25-12-7-9-22(32,40(33,34)35)41(36,37)38)26-19(30)17(27-20(31)39-21(2,3)4)8-5-6-13-28(14-10-23)15-11-24/h16-17,32H,5-15H2,1-4H3,(H,25,29)(H,26,30)(H,27,31)(H2,33,34,35)(H2,36,37,38)/t16-,17?/m0/s1. The third-order valence-electron chi connectivity index (χ3n) is 5.70. The zero-order chi connectivity index (χ0) is 32.1. The number of halogens is 2. The molecule has 3 amide bonds. The topological polar surface area (TPSA) is 235 Å². The van der Waals surface area contributed by atoms with Gasteiger partial charge >= 0.3 is 21.3 Å². The van der Waals surface area contributed by atoms with Crippen LogP contribution in [0.2, 0.25) is 0 Å². The highest BCUT2D eigenvalue weighted by Gasteiger charge is 2.58. The molecule has 0 radical (unpaired) electrons. The highest BCUT2D eigenvalue weighted by atomic mass is 35.5. The number of ether oxygens (including phenoxy) is 1. The maximum absolute atomic E-state index is 13.0. The molecule has 8 N–H and O–H groups in total. The van der Waals surface area contributed by atoms with Crippen molar-refractivity contribution >= 4 is 56.3 Å². The fraction of sp³-hybridized carbons (Fsp3) is 0.864. The van der Waals surface area contributed by atoms with E-state index in [-0.39, 0.29) is 13.0 Å². The van der Waals surface area contributed by atoms with Gasteiger partial charge in [-0.3, -0.25) is 18.7 Å². The molecule has 41 heavy (non-hydrogen) atoms. The summed E-state index contributed by atoms with van der Waals surface area (Å²) in [5, 5.41) is 13.7. The van der Waals surface area contributed by atoms with Crippen molar-refractivity contribution in [3.05, 3.63) is 0 Å². The lowest BCUT2D eigenvalue weighted by Crippen LogP contribution is -2.53. The molecular formula is C22H44Cl2N4O11P2.